The largest absolute Gasteiger partial charge is 0.287 e. The molecule has 0 aromatic carbocycles. The highest BCUT2D eigenvalue weighted by Gasteiger charge is 1.86. The number of carbonyl (C=O) groups excluding carboxylic acids is 1. The van der Waals surface area contributed by atoms with Crippen LogP contribution in [0.2, 0.25) is 0 Å². The molecule has 0 bridgehead atoms. The molecular formula is C3H5FOS. The van der Waals surface area contributed by atoms with Gasteiger partial charge in [0, 0.05) is 6.92 Å². The normalized spacial score (nSPS) is 8.33. The molecule has 0 rings (SSSR count). The second-order valence-corrected chi connectivity index (χ2v) is 1.83. The van der Waals surface area contributed by atoms with Gasteiger partial charge in [-0.25, -0.2) is 4.39 Å². The minimum absolute atomic E-state index is 0.169. The van der Waals surface area contributed by atoms with Crippen LogP contribution in [0.5, 0.6) is 0 Å². The van der Waals surface area contributed by atoms with E-state index in [1.165, 1.54) is 6.92 Å². The minimum atomic E-state index is -0.602. The van der Waals surface area contributed by atoms with Crippen molar-refractivity contribution in [1.29, 1.82) is 0 Å². The summed E-state index contributed by atoms with van der Waals surface area (Å²) in [6, 6.07) is -0.602. The van der Waals surface area contributed by atoms with E-state index in [0.29, 0.717) is 11.8 Å². The lowest BCUT2D eigenvalue weighted by atomic mass is 10.9. The van der Waals surface area contributed by atoms with Crippen LogP contribution in [0.4, 0.5) is 4.39 Å². The Hall–Kier alpha value is -0.0500. The van der Waals surface area contributed by atoms with Crippen LogP contribution in [-0.2, 0) is 4.79 Å². The van der Waals surface area contributed by atoms with Crippen molar-refractivity contribution in [3.05, 3.63) is 0 Å². The predicted molar refractivity (Wildman–Crippen MR) is 24.2 cm³/mol. The number of rotatable bonds is 1. The lowest BCUT2D eigenvalue weighted by Crippen LogP contribution is -1.77. The first-order chi connectivity index (χ1) is 2.77. The molecule has 0 aliphatic rings. The second kappa shape index (κ2) is 3.15. The molecule has 0 aromatic rings. The third kappa shape index (κ3) is 3.95. The van der Waals surface area contributed by atoms with Crippen LogP contribution in [0.1, 0.15) is 6.92 Å². The fourth-order valence-corrected chi connectivity index (χ4v) is 0.230. The summed E-state index contributed by atoms with van der Waals surface area (Å²) in [5.74, 6) is 0. The maximum absolute atomic E-state index is 11.0. The van der Waals surface area contributed by atoms with Crippen LogP contribution in [-0.4, -0.2) is 11.1 Å². The van der Waals surface area contributed by atoms with Gasteiger partial charge in [-0.15, -0.1) is 0 Å². The lowest BCUT2D eigenvalue weighted by molar-refractivity contribution is -0.109. The molecule has 0 saturated carbocycles. The first-order valence-corrected chi connectivity index (χ1v) is 2.45. The number of alkyl halides is 1. The number of thioether (sulfide) groups is 1. The van der Waals surface area contributed by atoms with Gasteiger partial charge in [0.15, 0.2) is 5.12 Å². The van der Waals surface area contributed by atoms with E-state index in [-0.39, 0.29) is 5.12 Å². The van der Waals surface area contributed by atoms with E-state index >= 15 is 0 Å². The van der Waals surface area contributed by atoms with Crippen LogP contribution in [0.15, 0.2) is 0 Å². The summed E-state index contributed by atoms with van der Waals surface area (Å²) in [6.45, 7) is 1.34. The van der Waals surface area contributed by atoms with E-state index in [1.54, 1.807) is 0 Å². The average molecular weight is 108 g/mol. The number of carbonyl (C=O) groups is 1. The highest BCUT2D eigenvalue weighted by Crippen LogP contribution is 1.98. The van der Waals surface area contributed by atoms with Crippen LogP contribution >= 0.6 is 11.8 Å². The van der Waals surface area contributed by atoms with Crippen molar-refractivity contribution in [3.63, 3.8) is 0 Å². The molecule has 36 valence electrons. The van der Waals surface area contributed by atoms with Crippen molar-refractivity contribution < 1.29 is 9.18 Å². The first kappa shape index (κ1) is 5.95. The molecule has 0 atom stereocenters. The molecule has 1 nitrogen and oxygen atoms in total. The van der Waals surface area contributed by atoms with Crippen molar-refractivity contribution >= 4 is 16.9 Å². The topological polar surface area (TPSA) is 17.1 Å². The summed E-state index contributed by atoms with van der Waals surface area (Å²) in [7, 11) is 0. The Labute approximate surface area is 39.9 Å². The molecule has 0 spiro atoms. The molecule has 0 N–H and O–H groups in total. The molecular weight excluding hydrogens is 103 g/mol. The smallest absolute Gasteiger partial charge is 0.188 e. The van der Waals surface area contributed by atoms with Gasteiger partial charge in [-0.3, -0.25) is 4.79 Å². The molecule has 0 heterocycles. The molecule has 3 heteroatoms. The first-order valence-electron chi connectivity index (χ1n) is 1.46. The molecule has 6 heavy (non-hydrogen) atoms. The summed E-state index contributed by atoms with van der Waals surface area (Å²) in [5, 5.41) is -0.169. The molecule has 0 aromatic heterocycles. The van der Waals surface area contributed by atoms with Crippen molar-refractivity contribution in [2.24, 2.45) is 0 Å². The molecule has 0 radical (unpaired) electrons. The number of hydrogen-bond acceptors (Lipinski definition) is 2. The van der Waals surface area contributed by atoms with Gasteiger partial charge in [-0.2, -0.15) is 0 Å². The van der Waals surface area contributed by atoms with Gasteiger partial charge in [-0.05, 0) is 0 Å². The van der Waals surface area contributed by atoms with E-state index in [1.807, 2.05) is 0 Å². The average Bonchev–Trinajstić information content (AvgIpc) is 1.35. The van der Waals surface area contributed by atoms with Crippen LogP contribution < -0.4 is 0 Å². The highest BCUT2D eigenvalue weighted by molar-refractivity contribution is 8.13. The third-order valence-electron chi connectivity index (χ3n) is 0.258. The predicted octanol–water partition coefficient (Wildman–Crippen LogP) is 1.19. The van der Waals surface area contributed by atoms with Crippen molar-refractivity contribution in [1.82, 2.24) is 0 Å². The zero-order valence-corrected chi connectivity index (χ0v) is 4.22. The van der Waals surface area contributed by atoms with Gasteiger partial charge in [0.2, 0.25) is 0 Å². The Balaban J connectivity index is 2.83. The van der Waals surface area contributed by atoms with E-state index in [4.69, 9.17) is 0 Å². The van der Waals surface area contributed by atoms with Crippen molar-refractivity contribution in [2.75, 3.05) is 6.01 Å². The standard InChI is InChI=1S/C3H5FOS/c1-3(5)6-2-4/h2H2,1H3. The Morgan fingerprint density at radius 3 is 2.50 bits per heavy atom. The highest BCUT2D eigenvalue weighted by atomic mass is 32.2. The Bertz CT molecular complexity index is 54.8. The molecule has 0 fully saturated rings. The van der Waals surface area contributed by atoms with E-state index < -0.39 is 6.01 Å². The van der Waals surface area contributed by atoms with Gasteiger partial charge in [-0.1, -0.05) is 11.8 Å². The van der Waals surface area contributed by atoms with Crippen LogP contribution in [0, 0.1) is 0 Å². The molecule has 0 amide bonds. The van der Waals surface area contributed by atoms with Gasteiger partial charge in [0.1, 0.15) is 6.01 Å². The SMILES string of the molecule is CC(=O)SCF. The van der Waals surface area contributed by atoms with Crippen LogP contribution in [0.25, 0.3) is 0 Å². The maximum atomic E-state index is 11.0. The third-order valence-corrected chi connectivity index (χ3v) is 0.773. The summed E-state index contributed by atoms with van der Waals surface area (Å²) >= 11 is 0.681. The fourth-order valence-electron chi connectivity index (χ4n) is 0.0768. The maximum Gasteiger partial charge on any atom is 0.188 e. The molecule has 0 aliphatic carbocycles. The van der Waals surface area contributed by atoms with Gasteiger partial charge in [0.05, 0.1) is 0 Å². The molecule has 0 unspecified atom stereocenters. The van der Waals surface area contributed by atoms with E-state index in [2.05, 4.69) is 0 Å². The Morgan fingerprint density at radius 1 is 2.00 bits per heavy atom. The van der Waals surface area contributed by atoms with E-state index in [9.17, 15) is 9.18 Å². The van der Waals surface area contributed by atoms with Crippen molar-refractivity contribution in [3.8, 4) is 0 Å². The van der Waals surface area contributed by atoms with Crippen LogP contribution in [0.3, 0.4) is 0 Å². The lowest BCUT2D eigenvalue weighted by Gasteiger charge is -1.78. The summed E-state index contributed by atoms with van der Waals surface area (Å²) in [6.07, 6.45) is 0. The Kier molecular flexibility index (Phi) is 3.13. The van der Waals surface area contributed by atoms with Gasteiger partial charge in [0.25, 0.3) is 0 Å². The fraction of sp³-hybridized carbons (Fsp3) is 0.667. The van der Waals surface area contributed by atoms with Gasteiger partial charge < -0.3 is 0 Å². The summed E-state index contributed by atoms with van der Waals surface area (Å²) < 4.78 is 11.0. The monoisotopic (exact) mass is 108 g/mol. The van der Waals surface area contributed by atoms with Gasteiger partial charge >= 0.3 is 0 Å². The van der Waals surface area contributed by atoms with Crippen molar-refractivity contribution in [2.45, 2.75) is 6.92 Å². The number of hydrogen-bond donors (Lipinski definition) is 0. The zero-order valence-electron chi connectivity index (χ0n) is 3.40. The quantitative estimate of drug-likeness (QED) is 0.502. The van der Waals surface area contributed by atoms with E-state index in [0.717, 1.165) is 0 Å². The number of halogens is 1. The Morgan fingerprint density at radius 2 is 2.50 bits per heavy atom. The summed E-state index contributed by atoms with van der Waals surface area (Å²) in [5.41, 5.74) is 0. The molecule has 0 saturated heterocycles. The summed E-state index contributed by atoms with van der Waals surface area (Å²) in [4.78, 5) is 9.77. The molecule has 0 aliphatic heterocycles. The second-order valence-electron chi connectivity index (χ2n) is 0.745. The zero-order chi connectivity index (χ0) is 4.99. The minimum Gasteiger partial charge on any atom is -0.287 e.